The molecule has 2 aliphatic rings. The fraction of sp³-hybridized carbons (Fsp3) is 1.00. The second kappa shape index (κ2) is 5.83. The number of hydrogen-bond acceptors (Lipinski definition) is 1. The van der Waals surface area contributed by atoms with Gasteiger partial charge >= 0.3 is 0 Å². The molecule has 0 amide bonds. The maximum absolute atomic E-state index is 13.0. The number of nitrogens with zero attached hydrogens (tertiary/aromatic N) is 1. The minimum atomic E-state index is -0.518. The molecule has 0 aromatic heterocycles. The Bertz CT molecular complexity index is 167. The Morgan fingerprint density at radius 3 is 2.07 bits per heavy atom. The monoisotopic (exact) mass is 213 g/mol. The summed E-state index contributed by atoms with van der Waals surface area (Å²) in [6.07, 6.45) is 9.56. The molecule has 0 unspecified atom stereocenters. The lowest BCUT2D eigenvalue weighted by Gasteiger charge is -2.31. The Morgan fingerprint density at radius 1 is 0.867 bits per heavy atom. The van der Waals surface area contributed by atoms with E-state index in [0.717, 1.165) is 31.8 Å². The van der Waals surface area contributed by atoms with Gasteiger partial charge in [-0.25, -0.2) is 4.39 Å². The molecule has 0 atom stereocenters. The molecule has 0 aromatic rings. The summed E-state index contributed by atoms with van der Waals surface area (Å²) in [5.74, 6) is 0.906. The molecule has 0 N–H and O–H groups in total. The summed E-state index contributed by atoms with van der Waals surface area (Å²) < 4.78 is 13.0. The van der Waals surface area contributed by atoms with Gasteiger partial charge in [-0.3, -0.25) is 0 Å². The van der Waals surface area contributed by atoms with Crippen LogP contribution in [-0.2, 0) is 0 Å². The zero-order chi connectivity index (χ0) is 10.5. The van der Waals surface area contributed by atoms with Gasteiger partial charge in [0.1, 0.15) is 6.17 Å². The largest absolute Gasteiger partial charge is 0.303 e. The van der Waals surface area contributed by atoms with E-state index in [2.05, 4.69) is 4.90 Å². The third-order valence-electron chi connectivity index (χ3n) is 4.01. The van der Waals surface area contributed by atoms with Crippen LogP contribution >= 0.6 is 0 Å². The molecule has 15 heavy (non-hydrogen) atoms. The number of rotatable bonds is 2. The van der Waals surface area contributed by atoms with Crippen LogP contribution in [0.3, 0.4) is 0 Å². The van der Waals surface area contributed by atoms with E-state index in [1.165, 1.54) is 45.1 Å². The molecule has 88 valence electrons. The summed E-state index contributed by atoms with van der Waals surface area (Å²) in [5.41, 5.74) is 0. The van der Waals surface area contributed by atoms with Gasteiger partial charge in [-0.2, -0.15) is 0 Å². The number of hydrogen-bond donors (Lipinski definition) is 0. The summed E-state index contributed by atoms with van der Waals surface area (Å²) >= 11 is 0. The second-order valence-corrected chi connectivity index (χ2v) is 5.33. The zero-order valence-electron chi connectivity index (χ0n) is 9.76. The van der Waals surface area contributed by atoms with Crippen molar-refractivity contribution in [2.75, 3.05) is 19.6 Å². The Labute approximate surface area is 93.0 Å². The molecule has 1 saturated heterocycles. The predicted molar refractivity (Wildman–Crippen MR) is 61.8 cm³/mol. The van der Waals surface area contributed by atoms with Crippen LogP contribution in [-0.4, -0.2) is 30.7 Å². The summed E-state index contributed by atoms with van der Waals surface area (Å²) in [4.78, 5) is 2.49. The van der Waals surface area contributed by atoms with Crippen molar-refractivity contribution in [2.45, 2.75) is 57.5 Å². The standard InChI is InChI=1S/C13H24FN/c14-13-7-9-15(10-8-13)11-12-5-3-1-2-4-6-12/h12-13H,1-11H2. The number of piperidine rings is 1. The van der Waals surface area contributed by atoms with E-state index in [0.29, 0.717) is 0 Å². The molecular formula is C13H24FN. The van der Waals surface area contributed by atoms with Crippen molar-refractivity contribution in [3.8, 4) is 0 Å². The topological polar surface area (TPSA) is 3.24 Å². The highest BCUT2D eigenvalue weighted by Crippen LogP contribution is 2.25. The quantitative estimate of drug-likeness (QED) is 0.636. The molecule has 1 aliphatic carbocycles. The van der Waals surface area contributed by atoms with Crippen LogP contribution in [0.15, 0.2) is 0 Å². The van der Waals surface area contributed by atoms with Crippen LogP contribution in [0.5, 0.6) is 0 Å². The van der Waals surface area contributed by atoms with Crippen LogP contribution in [0.2, 0.25) is 0 Å². The first-order chi connectivity index (χ1) is 7.34. The third-order valence-corrected chi connectivity index (χ3v) is 4.01. The van der Waals surface area contributed by atoms with E-state index < -0.39 is 6.17 Å². The SMILES string of the molecule is FC1CCN(CC2CCCCCC2)CC1. The predicted octanol–water partition coefficient (Wildman–Crippen LogP) is 3.39. The van der Waals surface area contributed by atoms with Gasteiger partial charge in [-0.05, 0) is 31.6 Å². The van der Waals surface area contributed by atoms with Gasteiger partial charge in [0, 0.05) is 19.6 Å². The molecule has 1 aliphatic heterocycles. The lowest BCUT2D eigenvalue weighted by atomic mass is 9.98. The van der Waals surface area contributed by atoms with Crippen molar-refractivity contribution < 1.29 is 4.39 Å². The van der Waals surface area contributed by atoms with Crippen molar-refractivity contribution in [1.82, 2.24) is 4.90 Å². The highest BCUT2D eigenvalue weighted by atomic mass is 19.1. The first-order valence-electron chi connectivity index (χ1n) is 6.71. The van der Waals surface area contributed by atoms with E-state index in [-0.39, 0.29) is 0 Å². The van der Waals surface area contributed by atoms with E-state index in [4.69, 9.17) is 0 Å². The highest BCUT2D eigenvalue weighted by molar-refractivity contribution is 4.75. The van der Waals surface area contributed by atoms with Crippen LogP contribution in [0.4, 0.5) is 4.39 Å². The minimum absolute atomic E-state index is 0.518. The molecule has 2 fully saturated rings. The lowest BCUT2D eigenvalue weighted by molar-refractivity contribution is 0.130. The molecule has 0 aromatic carbocycles. The van der Waals surface area contributed by atoms with Gasteiger partial charge in [-0.15, -0.1) is 0 Å². The molecule has 0 radical (unpaired) electrons. The molecule has 0 bridgehead atoms. The van der Waals surface area contributed by atoms with Crippen LogP contribution in [0, 0.1) is 5.92 Å². The van der Waals surface area contributed by atoms with Crippen molar-refractivity contribution in [2.24, 2.45) is 5.92 Å². The summed E-state index contributed by atoms with van der Waals surface area (Å²) in [7, 11) is 0. The fourth-order valence-electron chi connectivity index (χ4n) is 3.00. The van der Waals surface area contributed by atoms with Crippen molar-refractivity contribution in [1.29, 1.82) is 0 Å². The van der Waals surface area contributed by atoms with Crippen LogP contribution < -0.4 is 0 Å². The zero-order valence-corrected chi connectivity index (χ0v) is 9.76. The fourth-order valence-corrected chi connectivity index (χ4v) is 3.00. The molecule has 2 rings (SSSR count). The summed E-state index contributed by atoms with van der Waals surface area (Å²) in [6.45, 7) is 3.24. The molecule has 1 saturated carbocycles. The van der Waals surface area contributed by atoms with Gasteiger partial charge in [0.2, 0.25) is 0 Å². The maximum atomic E-state index is 13.0. The smallest absolute Gasteiger partial charge is 0.103 e. The number of alkyl halides is 1. The molecule has 2 heteroatoms. The van der Waals surface area contributed by atoms with Crippen LogP contribution in [0.25, 0.3) is 0 Å². The van der Waals surface area contributed by atoms with Gasteiger partial charge in [-0.1, -0.05) is 25.7 Å². The van der Waals surface area contributed by atoms with Gasteiger partial charge in [0.15, 0.2) is 0 Å². The Balaban J connectivity index is 1.70. The van der Waals surface area contributed by atoms with Crippen molar-refractivity contribution in [3.05, 3.63) is 0 Å². The van der Waals surface area contributed by atoms with Gasteiger partial charge in [0.05, 0.1) is 0 Å². The Hall–Kier alpha value is -0.110. The molecule has 0 spiro atoms. The van der Waals surface area contributed by atoms with Gasteiger partial charge < -0.3 is 4.90 Å². The average molecular weight is 213 g/mol. The second-order valence-electron chi connectivity index (χ2n) is 5.33. The normalized spacial score (nSPS) is 27.8. The maximum Gasteiger partial charge on any atom is 0.103 e. The lowest BCUT2D eigenvalue weighted by Crippen LogP contribution is -2.37. The van der Waals surface area contributed by atoms with Crippen molar-refractivity contribution in [3.63, 3.8) is 0 Å². The first-order valence-corrected chi connectivity index (χ1v) is 6.71. The number of likely N-dealkylation sites (tertiary alicyclic amines) is 1. The first kappa shape index (κ1) is 11.4. The highest BCUT2D eigenvalue weighted by Gasteiger charge is 2.21. The van der Waals surface area contributed by atoms with E-state index >= 15 is 0 Å². The third kappa shape index (κ3) is 3.75. The molecule has 1 heterocycles. The average Bonchev–Trinajstić information content (AvgIpc) is 2.50. The molecular weight excluding hydrogens is 189 g/mol. The van der Waals surface area contributed by atoms with E-state index in [1.807, 2.05) is 0 Å². The summed E-state index contributed by atoms with van der Waals surface area (Å²) in [6, 6.07) is 0. The van der Waals surface area contributed by atoms with Crippen LogP contribution in [0.1, 0.15) is 51.4 Å². The molecule has 1 nitrogen and oxygen atoms in total. The Kier molecular flexibility index (Phi) is 4.42. The van der Waals surface area contributed by atoms with Crippen molar-refractivity contribution >= 4 is 0 Å². The minimum Gasteiger partial charge on any atom is -0.303 e. The van der Waals surface area contributed by atoms with Gasteiger partial charge in [0.25, 0.3) is 0 Å². The van der Waals surface area contributed by atoms with E-state index in [1.54, 1.807) is 0 Å². The number of halogens is 1. The Morgan fingerprint density at radius 2 is 1.47 bits per heavy atom. The summed E-state index contributed by atoms with van der Waals surface area (Å²) in [5, 5.41) is 0. The van der Waals surface area contributed by atoms with E-state index in [9.17, 15) is 4.39 Å².